The SMILES string of the molecule is Cn1c(N)c(N2CC[NH+](Cc3ccc4c(c3)OCO4)CC2)c(=O)[nH]c1=O. The number of hydrogen-bond donors (Lipinski definition) is 3. The Bertz CT molecular complexity index is 943. The van der Waals surface area contributed by atoms with E-state index in [4.69, 9.17) is 15.2 Å². The Morgan fingerprint density at radius 2 is 1.92 bits per heavy atom. The summed E-state index contributed by atoms with van der Waals surface area (Å²) < 4.78 is 12.0. The Morgan fingerprint density at radius 3 is 2.69 bits per heavy atom. The minimum absolute atomic E-state index is 0.206. The second-order valence-corrected chi connectivity index (χ2v) is 6.65. The quantitative estimate of drug-likeness (QED) is 0.602. The van der Waals surface area contributed by atoms with Crippen molar-refractivity contribution in [2.24, 2.45) is 7.05 Å². The van der Waals surface area contributed by atoms with Gasteiger partial charge in [0.25, 0.3) is 5.56 Å². The molecular weight excluding hydrogens is 338 g/mol. The molecule has 1 fully saturated rings. The second-order valence-electron chi connectivity index (χ2n) is 6.65. The van der Waals surface area contributed by atoms with Crippen LogP contribution in [0.2, 0.25) is 0 Å². The molecule has 1 aromatic carbocycles. The summed E-state index contributed by atoms with van der Waals surface area (Å²) in [5, 5.41) is 0. The number of hydrogen-bond acceptors (Lipinski definition) is 6. The summed E-state index contributed by atoms with van der Waals surface area (Å²) in [5.74, 6) is 1.79. The molecule has 0 atom stereocenters. The van der Waals surface area contributed by atoms with Crippen molar-refractivity contribution in [3.05, 3.63) is 44.6 Å². The minimum Gasteiger partial charge on any atom is -0.454 e. The zero-order valence-corrected chi connectivity index (χ0v) is 14.6. The van der Waals surface area contributed by atoms with Crippen LogP contribution >= 0.6 is 0 Å². The lowest BCUT2D eigenvalue weighted by Crippen LogP contribution is -3.13. The molecule has 2 aromatic rings. The molecule has 26 heavy (non-hydrogen) atoms. The molecular formula is C17H22N5O4+. The lowest BCUT2D eigenvalue weighted by Gasteiger charge is -2.33. The van der Waals surface area contributed by atoms with E-state index < -0.39 is 11.2 Å². The monoisotopic (exact) mass is 360 g/mol. The van der Waals surface area contributed by atoms with Gasteiger partial charge in [-0.1, -0.05) is 0 Å². The highest BCUT2D eigenvalue weighted by Crippen LogP contribution is 2.32. The van der Waals surface area contributed by atoms with E-state index in [2.05, 4.69) is 11.1 Å². The molecule has 0 radical (unpaired) electrons. The number of nitrogens with two attached hydrogens (primary N) is 1. The maximum atomic E-state index is 12.2. The number of piperazine rings is 1. The van der Waals surface area contributed by atoms with E-state index in [1.165, 1.54) is 15.0 Å². The lowest BCUT2D eigenvalue weighted by molar-refractivity contribution is -0.914. The number of benzene rings is 1. The Hall–Kier alpha value is -2.94. The fourth-order valence-corrected chi connectivity index (χ4v) is 3.49. The van der Waals surface area contributed by atoms with Crippen molar-refractivity contribution in [2.45, 2.75) is 6.54 Å². The van der Waals surface area contributed by atoms with Crippen molar-refractivity contribution in [3.8, 4) is 11.5 Å². The van der Waals surface area contributed by atoms with Crippen LogP contribution in [0.15, 0.2) is 27.8 Å². The van der Waals surface area contributed by atoms with Crippen molar-refractivity contribution in [2.75, 3.05) is 43.6 Å². The van der Waals surface area contributed by atoms with E-state index in [-0.39, 0.29) is 12.6 Å². The molecule has 0 spiro atoms. The van der Waals surface area contributed by atoms with Gasteiger partial charge in [0.2, 0.25) is 6.79 Å². The number of quaternary nitrogens is 1. The number of anilines is 2. The molecule has 1 aromatic heterocycles. The number of aromatic amines is 1. The molecule has 1 saturated heterocycles. The van der Waals surface area contributed by atoms with Gasteiger partial charge >= 0.3 is 5.69 Å². The molecule has 0 unspecified atom stereocenters. The van der Waals surface area contributed by atoms with Gasteiger partial charge in [-0.05, 0) is 18.2 Å². The summed E-state index contributed by atoms with van der Waals surface area (Å²) in [6.45, 7) is 4.30. The lowest BCUT2D eigenvalue weighted by atomic mass is 10.1. The van der Waals surface area contributed by atoms with Gasteiger partial charge < -0.3 is 25.0 Å². The van der Waals surface area contributed by atoms with Crippen LogP contribution in [0.5, 0.6) is 11.5 Å². The van der Waals surface area contributed by atoms with E-state index in [9.17, 15) is 9.59 Å². The van der Waals surface area contributed by atoms with Crippen LogP contribution in [0, 0.1) is 0 Å². The van der Waals surface area contributed by atoms with Crippen LogP contribution in [-0.2, 0) is 13.6 Å². The number of nitrogens with zero attached hydrogens (tertiary/aromatic N) is 2. The third-order valence-electron chi connectivity index (χ3n) is 5.02. The first-order valence-corrected chi connectivity index (χ1v) is 8.59. The number of aromatic nitrogens is 2. The average molecular weight is 360 g/mol. The van der Waals surface area contributed by atoms with Gasteiger partial charge in [0, 0.05) is 12.6 Å². The first kappa shape index (κ1) is 16.5. The Kier molecular flexibility index (Phi) is 4.08. The molecule has 0 saturated carbocycles. The zero-order valence-electron chi connectivity index (χ0n) is 14.6. The molecule has 138 valence electrons. The van der Waals surface area contributed by atoms with Crippen molar-refractivity contribution >= 4 is 11.5 Å². The van der Waals surface area contributed by atoms with Crippen LogP contribution in [0.3, 0.4) is 0 Å². The van der Waals surface area contributed by atoms with Gasteiger partial charge in [0.1, 0.15) is 18.1 Å². The van der Waals surface area contributed by atoms with Gasteiger partial charge in [0.05, 0.1) is 26.2 Å². The largest absolute Gasteiger partial charge is 0.454 e. The zero-order chi connectivity index (χ0) is 18.3. The molecule has 0 aliphatic carbocycles. The van der Waals surface area contributed by atoms with Gasteiger partial charge in [-0.15, -0.1) is 0 Å². The first-order valence-electron chi connectivity index (χ1n) is 8.59. The van der Waals surface area contributed by atoms with Crippen molar-refractivity contribution in [1.82, 2.24) is 9.55 Å². The van der Waals surface area contributed by atoms with Crippen molar-refractivity contribution in [3.63, 3.8) is 0 Å². The molecule has 3 heterocycles. The normalized spacial score (nSPS) is 16.9. The highest BCUT2D eigenvalue weighted by molar-refractivity contribution is 5.62. The minimum atomic E-state index is -0.497. The summed E-state index contributed by atoms with van der Waals surface area (Å²) in [5.41, 5.74) is 6.65. The van der Waals surface area contributed by atoms with Crippen molar-refractivity contribution in [1.29, 1.82) is 0 Å². The van der Waals surface area contributed by atoms with Gasteiger partial charge in [-0.2, -0.15) is 0 Å². The number of fused-ring (bicyclic) bond motifs is 1. The number of nitrogens with one attached hydrogen (secondary N) is 2. The second kappa shape index (κ2) is 6.41. The fraction of sp³-hybridized carbons (Fsp3) is 0.412. The molecule has 4 N–H and O–H groups in total. The maximum Gasteiger partial charge on any atom is 0.329 e. The van der Waals surface area contributed by atoms with Crippen molar-refractivity contribution < 1.29 is 14.4 Å². The van der Waals surface area contributed by atoms with E-state index in [1.54, 1.807) is 7.05 Å². The molecule has 9 heteroatoms. The fourth-order valence-electron chi connectivity index (χ4n) is 3.49. The van der Waals surface area contributed by atoms with E-state index in [0.29, 0.717) is 18.8 Å². The molecule has 0 amide bonds. The van der Waals surface area contributed by atoms with Crippen LogP contribution in [0.4, 0.5) is 11.5 Å². The number of H-pyrrole nitrogens is 1. The van der Waals surface area contributed by atoms with Gasteiger partial charge in [-0.25, -0.2) is 4.79 Å². The summed E-state index contributed by atoms with van der Waals surface area (Å²) in [6.07, 6.45) is 0. The van der Waals surface area contributed by atoms with Crippen LogP contribution in [0.1, 0.15) is 5.56 Å². The molecule has 0 bridgehead atoms. The number of rotatable bonds is 3. The topological polar surface area (TPSA) is 107 Å². The molecule has 2 aliphatic heterocycles. The third-order valence-corrected chi connectivity index (χ3v) is 5.02. The highest BCUT2D eigenvalue weighted by Gasteiger charge is 2.25. The molecule has 4 rings (SSSR count). The highest BCUT2D eigenvalue weighted by atomic mass is 16.7. The van der Waals surface area contributed by atoms with Gasteiger partial charge in [-0.3, -0.25) is 14.3 Å². The van der Waals surface area contributed by atoms with Crippen LogP contribution < -0.4 is 36.3 Å². The standard InChI is InChI=1S/C17H21N5O4/c1-20-15(18)14(16(23)19-17(20)24)22-6-4-21(5-7-22)9-11-2-3-12-13(8-11)26-10-25-12/h2-3,8H,4-7,9-10,18H2,1H3,(H,19,23,24)/p+1. The van der Waals surface area contributed by atoms with E-state index >= 15 is 0 Å². The number of nitrogen functional groups attached to an aromatic ring is 1. The Morgan fingerprint density at radius 1 is 1.19 bits per heavy atom. The van der Waals surface area contributed by atoms with Crippen LogP contribution in [-0.4, -0.2) is 42.5 Å². The summed E-state index contributed by atoms with van der Waals surface area (Å²) >= 11 is 0. The Balaban J connectivity index is 1.44. The van der Waals surface area contributed by atoms with Crippen LogP contribution in [0.25, 0.3) is 0 Å². The number of ether oxygens (including phenoxy) is 2. The summed E-state index contributed by atoms with van der Waals surface area (Å²) in [7, 11) is 1.55. The predicted octanol–water partition coefficient (Wildman–Crippen LogP) is -1.71. The first-order chi connectivity index (χ1) is 12.5. The maximum absolute atomic E-state index is 12.2. The molecule has 9 nitrogen and oxygen atoms in total. The molecule has 2 aliphatic rings. The average Bonchev–Trinajstić information content (AvgIpc) is 3.09. The van der Waals surface area contributed by atoms with Gasteiger partial charge in [0.15, 0.2) is 11.5 Å². The smallest absolute Gasteiger partial charge is 0.329 e. The van der Waals surface area contributed by atoms with E-state index in [1.807, 2.05) is 17.0 Å². The summed E-state index contributed by atoms with van der Waals surface area (Å²) in [4.78, 5) is 29.5. The summed E-state index contributed by atoms with van der Waals surface area (Å²) in [6, 6.07) is 6.03. The predicted molar refractivity (Wildman–Crippen MR) is 95.9 cm³/mol. The Labute approximate surface area is 149 Å². The third kappa shape index (κ3) is 2.90. The van der Waals surface area contributed by atoms with E-state index in [0.717, 1.165) is 31.1 Å².